The van der Waals surface area contributed by atoms with Gasteiger partial charge in [-0.05, 0) is 42.5 Å². The van der Waals surface area contributed by atoms with Gasteiger partial charge in [0.05, 0.1) is 24.4 Å². The highest BCUT2D eigenvalue weighted by Gasteiger charge is 2.48. The molecular weight excluding hydrogens is 483 g/mol. The quantitative estimate of drug-likeness (QED) is 0.214. The number of aliphatic hydroxyl groups excluding tert-OH is 1. The van der Waals surface area contributed by atoms with Crippen molar-refractivity contribution >= 4 is 39.9 Å². The lowest BCUT2D eigenvalue weighted by Crippen LogP contribution is -2.29. The normalized spacial score (nSPS) is 17.2. The third kappa shape index (κ3) is 4.30. The smallest absolute Gasteiger partial charge is 0.350 e. The predicted octanol–water partition coefficient (Wildman–Crippen LogP) is 5.44. The molecule has 186 valence electrons. The maximum Gasteiger partial charge on any atom is 0.350 e. The molecule has 0 bridgehead atoms. The van der Waals surface area contributed by atoms with Gasteiger partial charge in [0.2, 0.25) is 0 Å². The van der Waals surface area contributed by atoms with Crippen LogP contribution in [-0.2, 0) is 14.3 Å². The van der Waals surface area contributed by atoms with Crippen LogP contribution in [0.2, 0.25) is 0 Å². The number of nitrogens with zero attached hydrogens (tertiary/aromatic N) is 2. The number of anilines is 1. The number of aryl methyl sites for hydroxylation is 2. The topological polar surface area (TPSA) is 96.8 Å². The fourth-order valence-corrected chi connectivity index (χ4v) is 5.08. The van der Waals surface area contributed by atoms with E-state index in [0.29, 0.717) is 16.8 Å². The van der Waals surface area contributed by atoms with E-state index in [0.717, 1.165) is 23.0 Å². The van der Waals surface area contributed by atoms with Crippen LogP contribution in [0, 0.1) is 19.7 Å². The number of benzene rings is 2. The summed E-state index contributed by atoms with van der Waals surface area (Å²) in [6, 6.07) is 10.4. The highest BCUT2D eigenvalue weighted by molar-refractivity contribution is 7.17. The van der Waals surface area contributed by atoms with E-state index in [4.69, 9.17) is 4.74 Å². The molecule has 1 saturated heterocycles. The maximum atomic E-state index is 14.3. The van der Waals surface area contributed by atoms with Gasteiger partial charge in [-0.3, -0.25) is 14.5 Å². The SMILES string of the molecule is COC(=O)c1sc(N2C(=O)C(=O)C(=C(O)c3ccc(C)c(F)c3)[C@H]2c2ccc(C(C)C)cc2)nc1C. The monoisotopic (exact) mass is 508 g/mol. The van der Waals surface area contributed by atoms with Crippen LogP contribution in [0.1, 0.15) is 63.4 Å². The molecule has 3 aromatic rings. The van der Waals surface area contributed by atoms with Gasteiger partial charge in [0, 0.05) is 5.56 Å². The number of hydrogen-bond donors (Lipinski definition) is 1. The molecular formula is C27H25FN2O5S. The molecule has 2 aromatic carbocycles. The average molecular weight is 509 g/mol. The van der Waals surface area contributed by atoms with Crippen LogP contribution in [-0.4, -0.2) is 34.9 Å². The molecule has 1 amide bonds. The van der Waals surface area contributed by atoms with Crippen molar-refractivity contribution in [3.05, 3.63) is 86.7 Å². The molecule has 7 nitrogen and oxygen atoms in total. The molecule has 4 rings (SSSR count). The number of Topliss-reactive ketones (excluding diaryl/α,β-unsaturated/α-hetero) is 1. The van der Waals surface area contributed by atoms with Crippen LogP contribution < -0.4 is 4.90 Å². The summed E-state index contributed by atoms with van der Waals surface area (Å²) in [5.41, 5.74) is 2.22. The number of amides is 1. The van der Waals surface area contributed by atoms with E-state index in [1.165, 1.54) is 24.1 Å². The minimum atomic E-state index is -1.04. The Labute approximate surface area is 211 Å². The van der Waals surface area contributed by atoms with Gasteiger partial charge in [0.25, 0.3) is 5.78 Å². The molecule has 0 aliphatic carbocycles. The first kappa shape index (κ1) is 25.2. The maximum absolute atomic E-state index is 14.3. The number of aliphatic hydroxyl groups is 1. The molecule has 2 heterocycles. The summed E-state index contributed by atoms with van der Waals surface area (Å²) < 4.78 is 19.1. The number of carbonyl (C=O) groups is 3. The number of carbonyl (C=O) groups excluding carboxylic acids is 3. The third-order valence-electron chi connectivity index (χ3n) is 6.17. The van der Waals surface area contributed by atoms with Crippen molar-refractivity contribution < 1.29 is 28.6 Å². The van der Waals surface area contributed by atoms with Crippen LogP contribution in [0.15, 0.2) is 48.0 Å². The molecule has 9 heteroatoms. The molecule has 1 aliphatic heterocycles. The minimum absolute atomic E-state index is 0.0745. The molecule has 0 spiro atoms. The Kier molecular flexibility index (Phi) is 6.77. The predicted molar refractivity (Wildman–Crippen MR) is 135 cm³/mol. The van der Waals surface area contributed by atoms with E-state index >= 15 is 0 Å². The van der Waals surface area contributed by atoms with Crippen molar-refractivity contribution in [2.45, 2.75) is 39.7 Å². The van der Waals surface area contributed by atoms with Gasteiger partial charge >= 0.3 is 11.9 Å². The zero-order chi connectivity index (χ0) is 26.3. The number of aromatic nitrogens is 1. The number of ether oxygens (including phenoxy) is 1. The molecule has 0 saturated carbocycles. The molecule has 1 aromatic heterocycles. The van der Waals surface area contributed by atoms with E-state index in [1.54, 1.807) is 26.0 Å². The van der Waals surface area contributed by atoms with E-state index in [9.17, 15) is 23.9 Å². The van der Waals surface area contributed by atoms with E-state index < -0.39 is 35.3 Å². The lowest BCUT2D eigenvalue weighted by molar-refractivity contribution is -0.132. The Morgan fingerprint density at radius 3 is 2.39 bits per heavy atom. The van der Waals surface area contributed by atoms with Crippen LogP contribution in [0.4, 0.5) is 9.52 Å². The zero-order valence-corrected chi connectivity index (χ0v) is 21.3. The number of thiazole rings is 1. The van der Waals surface area contributed by atoms with Crippen molar-refractivity contribution in [2.75, 3.05) is 12.0 Å². The first-order chi connectivity index (χ1) is 17.0. The number of methoxy groups -OCH3 is 1. The molecule has 1 aliphatic rings. The summed E-state index contributed by atoms with van der Waals surface area (Å²) >= 11 is 0.919. The second kappa shape index (κ2) is 9.66. The van der Waals surface area contributed by atoms with Crippen LogP contribution in [0.3, 0.4) is 0 Å². The first-order valence-corrected chi connectivity index (χ1v) is 12.1. The number of hydrogen-bond acceptors (Lipinski definition) is 7. The van der Waals surface area contributed by atoms with Gasteiger partial charge in [-0.25, -0.2) is 14.2 Å². The Morgan fingerprint density at radius 2 is 1.81 bits per heavy atom. The molecule has 0 radical (unpaired) electrons. The second-order valence-electron chi connectivity index (χ2n) is 8.86. The van der Waals surface area contributed by atoms with Gasteiger partial charge in [0.1, 0.15) is 16.5 Å². The van der Waals surface area contributed by atoms with Crippen molar-refractivity contribution in [3.8, 4) is 0 Å². The van der Waals surface area contributed by atoms with Crippen LogP contribution in [0.5, 0.6) is 0 Å². The van der Waals surface area contributed by atoms with Crippen molar-refractivity contribution in [3.63, 3.8) is 0 Å². The number of esters is 1. The van der Waals surface area contributed by atoms with Gasteiger partial charge in [-0.1, -0.05) is 61.6 Å². The minimum Gasteiger partial charge on any atom is -0.507 e. The van der Waals surface area contributed by atoms with Crippen molar-refractivity contribution in [1.82, 2.24) is 4.98 Å². The van der Waals surface area contributed by atoms with Crippen LogP contribution in [0.25, 0.3) is 5.76 Å². The number of rotatable bonds is 5. The fourth-order valence-electron chi connectivity index (χ4n) is 4.07. The summed E-state index contributed by atoms with van der Waals surface area (Å²) in [6.07, 6.45) is 0. The lowest BCUT2D eigenvalue weighted by atomic mass is 9.93. The molecule has 1 N–H and O–H groups in total. The Morgan fingerprint density at radius 1 is 1.14 bits per heavy atom. The molecule has 1 fully saturated rings. The van der Waals surface area contributed by atoms with E-state index in [-0.39, 0.29) is 27.1 Å². The lowest BCUT2D eigenvalue weighted by Gasteiger charge is -2.23. The largest absolute Gasteiger partial charge is 0.507 e. The fraction of sp³-hybridized carbons (Fsp3) is 0.259. The molecule has 0 unspecified atom stereocenters. The summed E-state index contributed by atoms with van der Waals surface area (Å²) in [5.74, 6) is -3.24. The Bertz CT molecular complexity index is 1410. The zero-order valence-electron chi connectivity index (χ0n) is 20.5. The molecule has 1 atom stereocenters. The highest BCUT2D eigenvalue weighted by Crippen LogP contribution is 2.44. The Balaban J connectivity index is 1.94. The summed E-state index contributed by atoms with van der Waals surface area (Å²) in [4.78, 5) is 44.5. The molecule has 36 heavy (non-hydrogen) atoms. The van der Waals surface area contributed by atoms with Gasteiger partial charge in [-0.15, -0.1) is 0 Å². The first-order valence-electron chi connectivity index (χ1n) is 11.3. The summed E-state index contributed by atoms with van der Waals surface area (Å²) in [7, 11) is 1.24. The van der Waals surface area contributed by atoms with Crippen molar-refractivity contribution in [1.29, 1.82) is 0 Å². The standard InChI is InChI=1S/C27H25FN2O5S/c1-13(2)16-8-10-17(11-9-16)21-20(22(31)18-7-6-14(3)19(28)12-18)23(32)25(33)30(21)27-29-15(4)24(36-27)26(34)35-5/h6-13,21,31H,1-5H3/t21-/m1/s1. The van der Waals surface area contributed by atoms with Gasteiger partial charge < -0.3 is 9.84 Å². The highest BCUT2D eigenvalue weighted by atomic mass is 32.1. The number of ketones is 1. The van der Waals surface area contributed by atoms with Gasteiger partial charge in [0.15, 0.2) is 5.13 Å². The third-order valence-corrected chi connectivity index (χ3v) is 7.31. The summed E-state index contributed by atoms with van der Waals surface area (Å²) in [6.45, 7) is 7.27. The van der Waals surface area contributed by atoms with E-state index in [1.807, 2.05) is 26.0 Å². The number of halogens is 1. The Hall–Kier alpha value is -3.85. The second-order valence-corrected chi connectivity index (χ2v) is 9.83. The van der Waals surface area contributed by atoms with Crippen molar-refractivity contribution in [2.24, 2.45) is 0 Å². The van der Waals surface area contributed by atoms with Gasteiger partial charge in [-0.2, -0.15) is 0 Å². The van der Waals surface area contributed by atoms with E-state index in [2.05, 4.69) is 4.98 Å². The summed E-state index contributed by atoms with van der Waals surface area (Å²) in [5, 5.41) is 11.3. The average Bonchev–Trinajstić information content (AvgIpc) is 3.36. The van der Waals surface area contributed by atoms with Crippen LogP contribution >= 0.6 is 11.3 Å².